The Morgan fingerprint density at radius 2 is 1.82 bits per heavy atom. The number of hydrogen-bond acceptors (Lipinski definition) is 3. The number of H-pyrrole nitrogens is 1. The second-order valence-corrected chi connectivity index (χ2v) is 7.34. The van der Waals surface area contributed by atoms with Gasteiger partial charge in [0.2, 0.25) is 5.91 Å². The minimum atomic E-state index is 0.169. The van der Waals surface area contributed by atoms with Crippen molar-refractivity contribution in [2.45, 2.75) is 19.4 Å². The van der Waals surface area contributed by atoms with Crippen molar-refractivity contribution < 1.29 is 9.53 Å². The summed E-state index contributed by atoms with van der Waals surface area (Å²) < 4.78 is 5.47. The molecule has 1 aliphatic heterocycles. The van der Waals surface area contributed by atoms with E-state index < -0.39 is 0 Å². The van der Waals surface area contributed by atoms with E-state index >= 15 is 0 Å². The molecule has 146 valence electrons. The molecular weight excluding hydrogens is 350 g/mol. The topological polar surface area (TPSA) is 48.6 Å². The van der Waals surface area contributed by atoms with Crippen LogP contribution in [0.1, 0.15) is 17.5 Å². The Balaban J connectivity index is 1.39. The number of para-hydroxylation sites is 2. The minimum Gasteiger partial charge on any atom is -0.378 e. The second kappa shape index (κ2) is 8.48. The zero-order chi connectivity index (χ0) is 19.3. The van der Waals surface area contributed by atoms with Crippen molar-refractivity contribution in [3.63, 3.8) is 0 Å². The average molecular weight is 377 g/mol. The van der Waals surface area contributed by atoms with Gasteiger partial charge in [-0.25, -0.2) is 0 Å². The molecule has 1 aromatic heterocycles. The highest BCUT2D eigenvalue weighted by atomic mass is 16.5. The first-order chi connectivity index (χ1) is 13.7. The summed E-state index contributed by atoms with van der Waals surface area (Å²) >= 11 is 0. The third-order valence-corrected chi connectivity index (χ3v) is 5.46. The predicted octanol–water partition coefficient (Wildman–Crippen LogP) is 3.60. The van der Waals surface area contributed by atoms with Crippen molar-refractivity contribution in [3.8, 4) is 0 Å². The van der Waals surface area contributed by atoms with E-state index in [-0.39, 0.29) is 5.91 Å². The lowest BCUT2D eigenvalue weighted by Crippen LogP contribution is -2.37. The number of morpholine rings is 1. The van der Waals surface area contributed by atoms with Gasteiger partial charge in [-0.3, -0.25) is 4.79 Å². The van der Waals surface area contributed by atoms with Crippen molar-refractivity contribution >= 4 is 22.5 Å². The van der Waals surface area contributed by atoms with Crippen molar-refractivity contribution in [1.29, 1.82) is 0 Å². The van der Waals surface area contributed by atoms with Gasteiger partial charge in [-0.2, -0.15) is 0 Å². The first-order valence-corrected chi connectivity index (χ1v) is 9.92. The number of aromatic nitrogens is 1. The van der Waals surface area contributed by atoms with Crippen LogP contribution in [-0.4, -0.2) is 49.1 Å². The van der Waals surface area contributed by atoms with E-state index in [1.165, 1.54) is 22.2 Å². The molecule has 1 N–H and O–H groups in total. The summed E-state index contributed by atoms with van der Waals surface area (Å²) in [5, 5.41) is 1.20. The fraction of sp³-hybridized carbons (Fsp3) is 0.348. The van der Waals surface area contributed by atoms with Gasteiger partial charge in [-0.05, 0) is 29.7 Å². The van der Waals surface area contributed by atoms with Crippen molar-refractivity contribution in [3.05, 3.63) is 65.9 Å². The molecule has 0 spiro atoms. The molecule has 2 heterocycles. The molecule has 1 amide bonds. The number of amides is 1. The first kappa shape index (κ1) is 18.6. The Morgan fingerprint density at radius 1 is 1.07 bits per heavy atom. The lowest BCUT2D eigenvalue weighted by molar-refractivity contribution is -0.130. The van der Waals surface area contributed by atoms with E-state index in [4.69, 9.17) is 4.74 Å². The zero-order valence-electron chi connectivity index (χ0n) is 16.4. The lowest BCUT2D eigenvalue weighted by Gasteiger charge is -2.31. The lowest BCUT2D eigenvalue weighted by atomic mass is 10.1. The number of carbonyl (C=O) groups is 1. The molecule has 1 aliphatic rings. The molecule has 0 atom stereocenters. The van der Waals surface area contributed by atoms with Crippen LogP contribution < -0.4 is 4.90 Å². The highest BCUT2D eigenvalue weighted by Gasteiger charge is 2.17. The quantitative estimate of drug-likeness (QED) is 0.714. The van der Waals surface area contributed by atoms with E-state index in [1.54, 1.807) is 0 Å². The molecule has 3 aromatic rings. The molecule has 0 bridgehead atoms. The predicted molar refractivity (Wildman–Crippen MR) is 113 cm³/mol. The molecule has 0 aliphatic carbocycles. The van der Waals surface area contributed by atoms with Gasteiger partial charge in [-0.1, -0.05) is 36.4 Å². The Hall–Kier alpha value is -2.79. The Labute approximate surface area is 165 Å². The van der Waals surface area contributed by atoms with E-state index in [0.29, 0.717) is 13.0 Å². The summed E-state index contributed by atoms with van der Waals surface area (Å²) in [5.41, 5.74) is 4.72. The molecule has 0 radical (unpaired) electrons. The van der Waals surface area contributed by atoms with Crippen LogP contribution in [0.25, 0.3) is 10.9 Å². The number of fused-ring (bicyclic) bond motifs is 1. The van der Waals surface area contributed by atoms with Gasteiger partial charge in [0.05, 0.1) is 13.2 Å². The Morgan fingerprint density at radius 3 is 2.68 bits per heavy atom. The van der Waals surface area contributed by atoms with Crippen LogP contribution in [0.5, 0.6) is 0 Å². The number of rotatable bonds is 6. The number of anilines is 1. The summed E-state index contributed by atoms with van der Waals surface area (Å²) in [6, 6.07) is 16.6. The van der Waals surface area contributed by atoms with Gasteiger partial charge in [-0.15, -0.1) is 0 Å². The third-order valence-electron chi connectivity index (χ3n) is 5.46. The fourth-order valence-electron chi connectivity index (χ4n) is 3.87. The van der Waals surface area contributed by atoms with Gasteiger partial charge >= 0.3 is 0 Å². The molecule has 1 fully saturated rings. The van der Waals surface area contributed by atoms with Crippen LogP contribution in [0.4, 0.5) is 5.69 Å². The van der Waals surface area contributed by atoms with E-state index in [0.717, 1.165) is 38.2 Å². The monoisotopic (exact) mass is 377 g/mol. The SMILES string of the molecule is CN(Cc1ccccc1N1CCOCC1)C(=O)CCc1c[nH]c2ccccc12. The summed E-state index contributed by atoms with van der Waals surface area (Å²) in [6.45, 7) is 3.94. The molecule has 5 heteroatoms. The highest BCUT2D eigenvalue weighted by Crippen LogP contribution is 2.23. The number of aromatic amines is 1. The van der Waals surface area contributed by atoms with Gasteiger partial charge < -0.3 is 19.5 Å². The Bertz CT molecular complexity index is 944. The van der Waals surface area contributed by atoms with Crippen LogP contribution in [0.3, 0.4) is 0 Å². The van der Waals surface area contributed by atoms with Crippen molar-refractivity contribution in [2.75, 3.05) is 38.3 Å². The van der Waals surface area contributed by atoms with Crippen LogP contribution >= 0.6 is 0 Å². The number of nitrogens with one attached hydrogen (secondary N) is 1. The largest absolute Gasteiger partial charge is 0.378 e. The maximum absolute atomic E-state index is 12.7. The van der Waals surface area contributed by atoms with E-state index in [9.17, 15) is 4.79 Å². The van der Waals surface area contributed by atoms with Crippen LogP contribution in [0.2, 0.25) is 0 Å². The summed E-state index contributed by atoms with van der Waals surface area (Å²) in [4.78, 5) is 20.2. The van der Waals surface area contributed by atoms with Crippen LogP contribution in [0, 0.1) is 0 Å². The van der Waals surface area contributed by atoms with E-state index in [2.05, 4.69) is 40.2 Å². The molecule has 1 saturated heterocycles. The highest BCUT2D eigenvalue weighted by molar-refractivity contribution is 5.84. The first-order valence-electron chi connectivity index (χ1n) is 9.92. The third kappa shape index (κ3) is 4.04. The normalized spacial score (nSPS) is 14.4. The van der Waals surface area contributed by atoms with Crippen molar-refractivity contribution in [2.24, 2.45) is 0 Å². The molecule has 28 heavy (non-hydrogen) atoms. The van der Waals surface area contributed by atoms with Gasteiger partial charge in [0.1, 0.15) is 0 Å². The number of benzene rings is 2. The molecule has 0 saturated carbocycles. The number of aryl methyl sites for hydroxylation is 1. The summed E-state index contributed by atoms with van der Waals surface area (Å²) in [7, 11) is 1.90. The Kier molecular flexibility index (Phi) is 5.63. The molecule has 5 nitrogen and oxygen atoms in total. The number of carbonyl (C=O) groups excluding carboxylic acids is 1. The number of hydrogen-bond donors (Lipinski definition) is 1. The second-order valence-electron chi connectivity index (χ2n) is 7.34. The van der Waals surface area contributed by atoms with Gasteiger partial charge in [0.25, 0.3) is 0 Å². The molecular formula is C23H27N3O2. The average Bonchev–Trinajstić information content (AvgIpc) is 3.16. The standard InChI is InChI=1S/C23H27N3O2/c1-25(17-19-6-2-5-9-22(19)26-12-14-28-15-13-26)23(27)11-10-18-16-24-21-8-4-3-7-20(18)21/h2-9,16,24H,10-15,17H2,1H3. The number of ether oxygens (including phenoxy) is 1. The zero-order valence-corrected chi connectivity index (χ0v) is 16.4. The summed E-state index contributed by atoms with van der Waals surface area (Å²) in [6.07, 6.45) is 3.28. The molecule has 2 aromatic carbocycles. The molecule has 4 rings (SSSR count). The van der Waals surface area contributed by atoms with Gasteiger partial charge in [0.15, 0.2) is 0 Å². The smallest absolute Gasteiger partial charge is 0.222 e. The van der Waals surface area contributed by atoms with E-state index in [1.807, 2.05) is 36.3 Å². The fourth-order valence-corrected chi connectivity index (χ4v) is 3.87. The minimum absolute atomic E-state index is 0.169. The number of nitrogens with zero attached hydrogens (tertiary/aromatic N) is 2. The van der Waals surface area contributed by atoms with Crippen molar-refractivity contribution in [1.82, 2.24) is 9.88 Å². The van der Waals surface area contributed by atoms with Crippen LogP contribution in [0.15, 0.2) is 54.7 Å². The molecule has 0 unspecified atom stereocenters. The maximum atomic E-state index is 12.7. The maximum Gasteiger partial charge on any atom is 0.222 e. The van der Waals surface area contributed by atoms with Gasteiger partial charge in [0, 0.05) is 55.9 Å². The van der Waals surface area contributed by atoms with Crippen LogP contribution in [-0.2, 0) is 22.5 Å². The summed E-state index contributed by atoms with van der Waals surface area (Å²) in [5.74, 6) is 0.169.